The normalized spacial score (nSPS) is 19.1. The molecule has 0 radical (unpaired) electrons. The number of rotatable bonds is 4. The van der Waals surface area contributed by atoms with Gasteiger partial charge in [-0.1, -0.05) is 20.8 Å². The number of nitrogens with one attached hydrogen (secondary N) is 1. The second kappa shape index (κ2) is 5.07. The minimum Gasteiger partial charge on any atom is -0.308 e. The number of thiazole rings is 1. The average molecular weight is 252 g/mol. The quantitative estimate of drug-likeness (QED) is 0.887. The zero-order valence-electron chi connectivity index (χ0n) is 11.5. The SMILES string of the molecule is CCC(NC)(c1nc2c(s1)CCCC2)C(C)C. The van der Waals surface area contributed by atoms with Crippen LogP contribution in [0.15, 0.2) is 0 Å². The van der Waals surface area contributed by atoms with Crippen LogP contribution in [0.25, 0.3) is 0 Å². The summed E-state index contributed by atoms with van der Waals surface area (Å²) in [4.78, 5) is 6.48. The summed E-state index contributed by atoms with van der Waals surface area (Å²) in [5.41, 5.74) is 1.45. The molecule has 96 valence electrons. The second-order valence-electron chi connectivity index (χ2n) is 5.33. The maximum Gasteiger partial charge on any atom is 0.113 e. The van der Waals surface area contributed by atoms with Gasteiger partial charge in [0.1, 0.15) is 5.01 Å². The summed E-state index contributed by atoms with van der Waals surface area (Å²) in [5.74, 6) is 0.574. The molecule has 1 atom stereocenters. The third kappa shape index (κ3) is 2.15. The third-order valence-corrected chi connectivity index (χ3v) is 5.55. The fourth-order valence-electron chi connectivity index (χ4n) is 2.92. The molecule has 2 rings (SSSR count). The Bertz CT molecular complexity index is 354. The zero-order chi connectivity index (χ0) is 12.5. The Morgan fingerprint density at radius 1 is 1.35 bits per heavy atom. The molecule has 3 heteroatoms. The summed E-state index contributed by atoms with van der Waals surface area (Å²) in [6.07, 6.45) is 6.20. The summed E-state index contributed by atoms with van der Waals surface area (Å²) < 4.78 is 0. The maximum atomic E-state index is 4.94. The van der Waals surface area contributed by atoms with E-state index in [0.717, 1.165) is 6.42 Å². The maximum absolute atomic E-state index is 4.94. The van der Waals surface area contributed by atoms with Crippen LogP contribution >= 0.6 is 11.3 Å². The van der Waals surface area contributed by atoms with Gasteiger partial charge >= 0.3 is 0 Å². The van der Waals surface area contributed by atoms with E-state index in [2.05, 4.69) is 33.1 Å². The van der Waals surface area contributed by atoms with Crippen molar-refractivity contribution in [3.05, 3.63) is 15.6 Å². The first-order chi connectivity index (χ1) is 8.14. The second-order valence-corrected chi connectivity index (χ2v) is 6.41. The molecule has 0 amide bonds. The summed E-state index contributed by atoms with van der Waals surface area (Å²) in [6, 6.07) is 0. The van der Waals surface area contributed by atoms with Gasteiger partial charge in [0.2, 0.25) is 0 Å². The molecule has 1 aromatic heterocycles. The first-order valence-corrected chi connectivity index (χ1v) is 7.63. The lowest BCUT2D eigenvalue weighted by Crippen LogP contribution is -2.44. The smallest absolute Gasteiger partial charge is 0.113 e. The van der Waals surface area contributed by atoms with Crippen molar-refractivity contribution in [2.45, 2.75) is 58.4 Å². The average Bonchev–Trinajstić information content (AvgIpc) is 2.74. The van der Waals surface area contributed by atoms with E-state index in [1.165, 1.54) is 36.4 Å². The van der Waals surface area contributed by atoms with Crippen LogP contribution in [0.4, 0.5) is 0 Å². The summed E-state index contributed by atoms with van der Waals surface area (Å²) in [5, 5.41) is 4.85. The van der Waals surface area contributed by atoms with E-state index in [0.29, 0.717) is 5.92 Å². The minimum absolute atomic E-state index is 0.0714. The predicted molar refractivity (Wildman–Crippen MR) is 74.6 cm³/mol. The zero-order valence-corrected chi connectivity index (χ0v) is 12.3. The van der Waals surface area contributed by atoms with Gasteiger partial charge in [-0.25, -0.2) is 4.98 Å². The van der Waals surface area contributed by atoms with Crippen molar-refractivity contribution in [1.82, 2.24) is 10.3 Å². The molecule has 1 unspecified atom stereocenters. The number of hydrogen-bond acceptors (Lipinski definition) is 3. The van der Waals surface area contributed by atoms with Gasteiger partial charge in [-0.3, -0.25) is 0 Å². The lowest BCUT2D eigenvalue weighted by Gasteiger charge is -2.34. The van der Waals surface area contributed by atoms with Gasteiger partial charge in [0.15, 0.2) is 0 Å². The summed E-state index contributed by atoms with van der Waals surface area (Å²) >= 11 is 1.95. The lowest BCUT2D eigenvalue weighted by molar-refractivity contribution is 0.245. The lowest BCUT2D eigenvalue weighted by atomic mass is 9.84. The van der Waals surface area contributed by atoms with Gasteiger partial charge in [0.05, 0.1) is 11.2 Å². The molecule has 0 spiro atoms. The van der Waals surface area contributed by atoms with Crippen molar-refractivity contribution in [3.8, 4) is 0 Å². The molecule has 0 aromatic carbocycles. The van der Waals surface area contributed by atoms with Crippen LogP contribution < -0.4 is 5.32 Å². The fourth-order valence-corrected chi connectivity index (χ4v) is 4.49. The van der Waals surface area contributed by atoms with Gasteiger partial charge in [-0.05, 0) is 45.1 Å². The first-order valence-electron chi connectivity index (χ1n) is 6.82. The Kier molecular flexibility index (Phi) is 3.88. The molecule has 17 heavy (non-hydrogen) atoms. The molecule has 0 saturated carbocycles. The molecule has 2 nitrogen and oxygen atoms in total. The van der Waals surface area contributed by atoms with E-state index in [4.69, 9.17) is 4.98 Å². The molecule has 1 aliphatic carbocycles. The Hall–Kier alpha value is -0.410. The highest BCUT2D eigenvalue weighted by Gasteiger charge is 2.36. The molecule has 1 aromatic rings. The van der Waals surface area contributed by atoms with Crippen LogP contribution in [-0.4, -0.2) is 12.0 Å². The van der Waals surface area contributed by atoms with E-state index in [9.17, 15) is 0 Å². The van der Waals surface area contributed by atoms with Crippen LogP contribution in [0.3, 0.4) is 0 Å². The molecule has 1 N–H and O–H groups in total. The standard InChI is InChI=1S/C14H24N2S/c1-5-14(15-4,10(2)3)13-16-11-8-6-7-9-12(11)17-13/h10,15H,5-9H2,1-4H3. The Labute approximate surface area is 109 Å². The summed E-state index contributed by atoms with van der Waals surface area (Å²) in [7, 11) is 2.07. The van der Waals surface area contributed by atoms with Crippen LogP contribution in [0.1, 0.15) is 55.6 Å². The van der Waals surface area contributed by atoms with E-state index in [1.807, 2.05) is 11.3 Å². The summed E-state index contributed by atoms with van der Waals surface area (Å²) in [6.45, 7) is 6.84. The predicted octanol–water partition coefficient (Wildman–Crippen LogP) is 3.50. The number of nitrogens with zero attached hydrogens (tertiary/aromatic N) is 1. The molecule has 1 heterocycles. The van der Waals surface area contributed by atoms with Crippen molar-refractivity contribution in [2.75, 3.05) is 7.05 Å². The van der Waals surface area contributed by atoms with Crippen molar-refractivity contribution >= 4 is 11.3 Å². The van der Waals surface area contributed by atoms with Crippen molar-refractivity contribution in [2.24, 2.45) is 5.92 Å². The third-order valence-electron chi connectivity index (χ3n) is 4.22. The van der Waals surface area contributed by atoms with E-state index in [-0.39, 0.29) is 5.54 Å². The number of hydrogen-bond donors (Lipinski definition) is 1. The topological polar surface area (TPSA) is 24.9 Å². The number of aryl methyl sites for hydroxylation is 2. The molecule has 0 bridgehead atoms. The van der Waals surface area contributed by atoms with Crippen molar-refractivity contribution < 1.29 is 0 Å². The van der Waals surface area contributed by atoms with Gasteiger partial charge in [-0.15, -0.1) is 11.3 Å². The van der Waals surface area contributed by atoms with Gasteiger partial charge in [0.25, 0.3) is 0 Å². The number of fused-ring (bicyclic) bond motifs is 1. The van der Waals surface area contributed by atoms with Gasteiger partial charge in [-0.2, -0.15) is 0 Å². The van der Waals surface area contributed by atoms with Crippen LogP contribution in [0, 0.1) is 5.92 Å². The van der Waals surface area contributed by atoms with Crippen LogP contribution in [-0.2, 0) is 18.4 Å². The van der Waals surface area contributed by atoms with E-state index < -0.39 is 0 Å². The van der Waals surface area contributed by atoms with Crippen molar-refractivity contribution in [1.29, 1.82) is 0 Å². The van der Waals surface area contributed by atoms with E-state index in [1.54, 1.807) is 4.88 Å². The molecule has 0 aliphatic heterocycles. The highest BCUT2D eigenvalue weighted by atomic mass is 32.1. The molecule has 1 aliphatic rings. The Balaban J connectivity index is 2.39. The van der Waals surface area contributed by atoms with Gasteiger partial charge < -0.3 is 5.32 Å². The highest BCUT2D eigenvalue weighted by molar-refractivity contribution is 7.11. The highest BCUT2D eigenvalue weighted by Crippen LogP contribution is 2.38. The molecule has 0 fully saturated rings. The monoisotopic (exact) mass is 252 g/mol. The van der Waals surface area contributed by atoms with Crippen LogP contribution in [0.5, 0.6) is 0 Å². The van der Waals surface area contributed by atoms with Crippen LogP contribution in [0.2, 0.25) is 0 Å². The molecular weight excluding hydrogens is 228 g/mol. The molecular formula is C14H24N2S. The van der Waals surface area contributed by atoms with E-state index >= 15 is 0 Å². The Morgan fingerprint density at radius 3 is 2.59 bits per heavy atom. The Morgan fingerprint density at radius 2 is 2.06 bits per heavy atom. The fraction of sp³-hybridized carbons (Fsp3) is 0.786. The van der Waals surface area contributed by atoms with Gasteiger partial charge in [0, 0.05) is 4.88 Å². The first kappa shape index (κ1) is 13.0. The minimum atomic E-state index is 0.0714. The number of aromatic nitrogens is 1. The van der Waals surface area contributed by atoms with Crippen molar-refractivity contribution in [3.63, 3.8) is 0 Å². The largest absolute Gasteiger partial charge is 0.308 e. The molecule has 0 saturated heterocycles.